The summed E-state index contributed by atoms with van der Waals surface area (Å²) in [4.78, 5) is 28.2. The number of aryl methyl sites for hydroxylation is 2. The molecule has 0 unspecified atom stereocenters. The van der Waals surface area contributed by atoms with E-state index in [0.717, 1.165) is 11.3 Å². The van der Waals surface area contributed by atoms with E-state index in [1.165, 1.54) is 12.1 Å². The Labute approximate surface area is 152 Å². The molecule has 0 spiro atoms. The molecule has 6 heteroatoms. The number of rotatable bonds is 6. The van der Waals surface area contributed by atoms with Crippen molar-refractivity contribution in [2.75, 3.05) is 26.2 Å². The van der Waals surface area contributed by atoms with Gasteiger partial charge in [0, 0.05) is 45.4 Å². The zero-order chi connectivity index (χ0) is 18.4. The van der Waals surface area contributed by atoms with Crippen molar-refractivity contribution in [2.45, 2.75) is 25.7 Å². The zero-order valence-electron chi connectivity index (χ0n) is 14.7. The number of nitrogens with zero attached hydrogens (tertiary/aromatic N) is 2. The molecule has 2 aromatic rings. The van der Waals surface area contributed by atoms with Crippen LogP contribution in [-0.2, 0) is 22.4 Å². The first-order valence-corrected chi connectivity index (χ1v) is 8.94. The fourth-order valence-electron chi connectivity index (χ4n) is 3.11. The van der Waals surface area contributed by atoms with Crippen LogP contribution in [0.2, 0.25) is 0 Å². The number of carbonyl (C=O) groups is 2. The molecule has 2 heterocycles. The topological polar surface area (TPSA) is 53.8 Å². The molecule has 1 saturated heterocycles. The van der Waals surface area contributed by atoms with Crippen LogP contribution in [0.15, 0.2) is 47.1 Å². The highest BCUT2D eigenvalue weighted by molar-refractivity contribution is 5.78. The van der Waals surface area contributed by atoms with Gasteiger partial charge in [-0.05, 0) is 36.2 Å². The van der Waals surface area contributed by atoms with Gasteiger partial charge in [-0.2, -0.15) is 0 Å². The standard InChI is InChI=1S/C20H23FN2O3/c21-17-6-3-16(4-7-17)5-9-19(24)22-11-13-23(14-12-22)20(25)10-8-18-2-1-15-26-18/h1-4,6-7,15H,5,8-14H2. The van der Waals surface area contributed by atoms with Crippen molar-refractivity contribution >= 4 is 11.8 Å². The molecule has 1 aromatic carbocycles. The number of benzene rings is 1. The summed E-state index contributed by atoms with van der Waals surface area (Å²) in [5.41, 5.74) is 0.950. The van der Waals surface area contributed by atoms with Crippen molar-refractivity contribution in [1.82, 2.24) is 9.80 Å². The van der Waals surface area contributed by atoms with Crippen molar-refractivity contribution in [2.24, 2.45) is 0 Å². The van der Waals surface area contributed by atoms with Crippen molar-refractivity contribution in [3.05, 3.63) is 59.8 Å². The molecule has 0 bridgehead atoms. The summed E-state index contributed by atoms with van der Waals surface area (Å²) in [5, 5.41) is 0. The van der Waals surface area contributed by atoms with Gasteiger partial charge >= 0.3 is 0 Å². The smallest absolute Gasteiger partial charge is 0.223 e. The minimum Gasteiger partial charge on any atom is -0.469 e. The van der Waals surface area contributed by atoms with E-state index in [1.807, 2.05) is 17.0 Å². The SMILES string of the molecule is O=C(CCc1ccc(F)cc1)N1CCN(C(=O)CCc2ccco2)CC1. The number of hydrogen-bond donors (Lipinski definition) is 0. The highest BCUT2D eigenvalue weighted by atomic mass is 19.1. The molecular weight excluding hydrogens is 335 g/mol. The van der Waals surface area contributed by atoms with Crippen LogP contribution in [0.3, 0.4) is 0 Å². The van der Waals surface area contributed by atoms with E-state index in [9.17, 15) is 14.0 Å². The zero-order valence-corrected chi connectivity index (χ0v) is 14.7. The van der Waals surface area contributed by atoms with Gasteiger partial charge in [-0.25, -0.2) is 4.39 Å². The maximum atomic E-state index is 12.9. The Bertz CT molecular complexity index is 720. The third-order valence-electron chi connectivity index (χ3n) is 4.69. The van der Waals surface area contributed by atoms with E-state index in [2.05, 4.69) is 0 Å². The Hall–Kier alpha value is -2.63. The molecule has 26 heavy (non-hydrogen) atoms. The summed E-state index contributed by atoms with van der Waals surface area (Å²) in [7, 11) is 0. The van der Waals surface area contributed by atoms with Crippen LogP contribution < -0.4 is 0 Å². The van der Waals surface area contributed by atoms with Gasteiger partial charge < -0.3 is 14.2 Å². The summed E-state index contributed by atoms with van der Waals surface area (Å²) in [6.45, 7) is 2.27. The summed E-state index contributed by atoms with van der Waals surface area (Å²) >= 11 is 0. The second-order valence-electron chi connectivity index (χ2n) is 6.47. The molecule has 2 amide bonds. The average molecular weight is 358 g/mol. The Balaban J connectivity index is 1.39. The van der Waals surface area contributed by atoms with Crippen LogP contribution in [0.5, 0.6) is 0 Å². The molecule has 0 atom stereocenters. The number of hydrogen-bond acceptors (Lipinski definition) is 3. The molecule has 138 valence electrons. The lowest BCUT2D eigenvalue weighted by atomic mass is 10.1. The third kappa shape index (κ3) is 4.94. The lowest BCUT2D eigenvalue weighted by Gasteiger charge is -2.35. The van der Waals surface area contributed by atoms with Crippen LogP contribution in [0.4, 0.5) is 4.39 Å². The monoisotopic (exact) mass is 358 g/mol. The average Bonchev–Trinajstić information content (AvgIpc) is 3.19. The Morgan fingerprint density at radius 2 is 1.46 bits per heavy atom. The Morgan fingerprint density at radius 3 is 2.00 bits per heavy atom. The molecule has 0 radical (unpaired) electrons. The largest absolute Gasteiger partial charge is 0.469 e. The molecule has 3 rings (SSSR count). The number of halogens is 1. The van der Waals surface area contributed by atoms with Crippen molar-refractivity contribution in [3.8, 4) is 0 Å². The van der Waals surface area contributed by atoms with E-state index in [1.54, 1.807) is 23.3 Å². The predicted molar refractivity (Wildman–Crippen MR) is 94.9 cm³/mol. The highest BCUT2D eigenvalue weighted by Gasteiger charge is 2.23. The Morgan fingerprint density at radius 1 is 0.885 bits per heavy atom. The number of piperazine rings is 1. The van der Waals surface area contributed by atoms with Crippen LogP contribution >= 0.6 is 0 Å². The van der Waals surface area contributed by atoms with Gasteiger partial charge in [-0.3, -0.25) is 9.59 Å². The van der Waals surface area contributed by atoms with Crippen LogP contribution in [0.25, 0.3) is 0 Å². The van der Waals surface area contributed by atoms with E-state index in [-0.39, 0.29) is 17.6 Å². The number of amides is 2. The van der Waals surface area contributed by atoms with Gasteiger partial charge in [0.15, 0.2) is 0 Å². The van der Waals surface area contributed by atoms with Gasteiger partial charge in [0.2, 0.25) is 11.8 Å². The molecule has 1 aliphatic heterocycles. The molecular formula is C20H23FN2O3. The Kier molecular flexibility index (Phi) is 6.04. The summed E-state index contributed by atoms with van der Waals surface area (Å²) in [6.07, 6.45) is 3.63. The first-order chi connectivity index (χ1) is 12.6. The van der Waals surface area contributed by atoms with Crippen LogP contribution in [-0.4, -0.2) is 47.8 Å². The van der Waals surface area contributed by atoms with Crippen LogP contribution in [0.1, 0.15) is 24.2 Å². The number of furan rings is 1. The molecule has 0 aliphatic carbocycles. The van der Waals surface area contributed by atoms with E-state index in [0.29, 0.717) is 51.9 Å². The molecule has 1 aromatic heterocycles. The number of carbonyl (C=O) groups excluding carboxylic acids is 2. The minimum atomic E-state index is -0.270. The van der Waals surface area contributed by atoms with Gasteiger partial charge in [0.25, 0.3) is 0 Å². The lowest BCUT2D eigenvalue weighted by molar-refractivity contribution is -0.139. The molecule has 0 saturated carbocycles. The van der Waals surface area contributed by atoms with Gasteiger partial charge in [-0.1, -0.05) is 12.1 Å². The second kappa shape index (κ2) is 8.65. The maximum absolute atomic E-state index is 12.9. The lowest BCUT2D eigenvalue weighted by Crippen LogP contribution is -2.50. The van der Waals surface area contributed by atoms with Gasteiger partial charge in [0.1, 0.15) is 11.6 Å². The second-order valence-corrected chi connectivity index (χ2v) is 6.47. The molecule has 0 N–H and O–H groups in total. The van der Waals surface area contributed by atoms with Crippen LogP contribution in [0, 0.1) is 5.82 Å². The van der Waals surface area contributed by atoms with E-state index in [4.69, 9.17) is 4.42 Å². The summed E-state index contributed by atoms with van der Waals surface area (Å²) in [5.74, 6) is 0.720. The first-order valence-electron chi connectivity index (χ1n) is 8.94. The first kappa shape index (κ1) is 18.2. The van der Waals surface area contributed by atoms with Gasteiger partial charge in [-0.15, -0.1) is 0 Å². The van der Waals surface area contributed by atoms with Crippen molar-refractivity contribution < 1.29 is 18.4 Å². The quantitative estimate of drug-likeness (QED) is 0.798. The molecule has 5 nitrogen and oxygen atoms in total. The van der Waals surface area contributed by atoms with E-state index >= 15 is 0 Å². The summed E-state index contributed by atoms with van der Waals surface area (Å²) in [6, 6.07) is 9.91. The highest BCUT2D eigenvalue weighted by Crippen LogP contribution is 2.11. The van der Waals surface area contributed by atoms with Crippen molar-refractivity contribution in [3.63, 3.8) is 0 Å². The minimum absolute atomic E-state index is 0.0806. The third-order valence-corrected chi connectivity index (χ3v) is 4.69. The van der Waals surface area contributed by atoms with Gasteiger partial charge in [0.05, 0.1) is 6.26 Å². The fourth-order valence-corrected chi connectivity index (χ4v) is 3.11. The van der Waals surface area contributed by atoms with Crippen molar-refractivity contribution in [1.29, 1.82) is 0 Å². The molecule has 1 fully saturated rings. The maximum Gasteiger partial charge on any atom is 0.223 e. The molecule has 1 aliphatic rings. The summed E-state index contributed by atoms with van der Waals surface area (Å²) < 4.78 is 18.1. The van der Waals surface area contributed by atoms with E-state index < -0.39 is 0 Å². The fraction of sp³-hybridized carbons (Fsp3) is 0.400. The predicted octanol–water partition coefficient (Wildman–Crippen LogP) is 2.65. The normalized spacial score (nSPS) is 14.5.